The van der Waals surface area contributed by atoms with Gasteiger partial charge in [0.2, 0.25) is 5.88 Å². The minimum Gasteiger partial charge on any atom is -0.497 e. The van der Waals surface area contributed by atoms with E-state index in [1.807, 2.05) is 30.4 Å². The third-order valence-corrected chi connectivity index (χ3v) is 6.68. The molecule has 1 saturated heterocycles. The second-order valence-corrected chi connectivity index (χ2v) is 9.07. The van der Waals surface area contributed by atoms with E-state index in [0.717, 1.165) is 60.9 Å². The van der Waals surface area contributed by atoms with Crippen molar-refractivity contribution in [2.45, 2.75) is 31.8 Å². The number of hydrogen-bond donors (Lipinski definition) is 1. The van der Waals surface area contributed by atoms with E-state index in [4.69, 9.17) is 18.9 Å². The Morgan fingerprint density at radius 1 is 1.23 bits per heavy atom. The molecule has 1 N–H and O–H groups in total. The van der Waals surface area contributed by atoms with Crippen LogP contribution in [0.2, 0.25) is 0 Å². The molecule has 2 aliphatic heterocycles. The summed E-state index contributed by atoms with van der Waals surface area (Å²) in [6, 6.07) is 5.79. The van der Waals surface area contributed by atoms with Gasteiger partial charge < -0.3 is 29.0 Å². The van der Waals surface area contributed by atoms with E-state index in [1.54, 1.807) is 19.6 Å². The molecule has 8 heteroatoms. The third-order valence-electron chi connectivity index (χ3n) is 6.68. The Labute approximate surface area is 205 Å². The molecule has 3 heterocycles. The maximum atomic E-state index is 10.8. The van der Waals surface area contributed by atoms with Crippen LogP contribution in [0.3, 0.4) is 0 Å². The number of aliphatic hydroxyl groups excluding tert-OH is 1. The first-order chi connectivity index (χ1) is 17.2. The van der Waals surface area contributed by atoms with Gasteiger partial charge in [-0.15, -0.1) is 5.10 Å². The number of rotatable bonds is 8. The van der Waals surface area contributed by atoms with E-state index < -0.39 is 6.10 Å². The summed E-state index contributed by atoms with van der Waals surface area (Å²) in [7, 11) is 1.65. The first-order valence-corrected chi connectivity index (χ1v) is 12.1. The molecule has 0 radical (unpaired) electrons. The molecule has 35 heavy (non-hydrogen) atoms. The molecule has 2 aromatic rings. The summed E-state index contributed by atoms with van der Waals surface area (Å²) in [5.41, 5.74) is 1.08. The Bertz CT molecular complexity index is 1160. The lowest BCUT2D eigenvalue weighted by molar-refractivity contribution is 0.0594. The van der Waals surface area contributed by atoms with Crippen molar-refractivity contribution in [3.05, 3.63) is 72.2 Å². The van der Waals surface area contributed by atoms with Gasteiger partial charge in [-0.2, -0.15) is 5.10 Å². The number of ether oxygens (including phenoxy) is 4. The zero-order chi connectivity index (χ0) is 24.0. The molecule has 0 spiro atoms. The molecule has 1 atom stereocenters. The predicted octanol–water partition coefficient (Wildman–Crippen LogP) is 4.10. The van der Waals surface area contributed by atoms with Crippen LogP contribution in [0.5, 0.6) is 11.6 Å². The lowest BCUT2D eigenvalue weighted by Gasteiger charge is -2.33. The predicted molar refractivity (Wildman–Crippen MR) is 132 cm³/mol. The normalized spacial score (nSPS) is 19.8. The molecule has 8 nitrogen and oxygen atoms in total. The van der Waals surface area contributed by atoms with Crippen molar-refractivity contribution in [3.63, 3.8) is 0 Å². The number of β-amino-alcohol motifs (C(OH)–C–C–N with tert-alkyl or cyclic N) is 1. The van der Waals surface area contributed by atoms with Crippen LogP contribution in [0, 0.1) is 5.92 Å². The highest BCUT2D eigenvalue weighted by Crippen LogP contribution is 2.29. The van der Waals surface area contributed by atoms with Crippen molar-refractivity contribution in [1.82, 2.24) is 15.1 Å². The monoisotopic (exact) mass is 477 g/mol. The summed E-state index contributed by atoms with van der Waals surface area (Å²) in [6.45, 7) is 2.85. The number of aliphatic hydroxyl groups is 1. The molecule has 1 fully saturated rings. The smallest absolute Gasteiger partial charge is 0.241 e. The minimum absolute atomic E-state index is 0.417. The average molecular weight is 478 g/mol. The molecule has 5 rings (SSSR count). The Hall–Kier alpha value is -3.36. The highest BCUT2D eigenvalue weighted by Gasteiger charge is 2.26. The molecule has 1 aromatic heterocycles. The SMILES string of the molecule is COc1ccc2cnnc(OCC3CCN(C[C@H](O)C4=COC=C(C5=CC=CCC5)O4)CC3)c2c1. The van der Waals surface area contributed by atoms with Gasteiger partial charge in [0.05, 0.1) is 25.3 Å². The lowest BCUT2D eigenvalue weighted by Crippen LogP contribution is -2.41. The largest absolute Gasteiger partial charge is 0.497 e. The third kappa shape index (κ3) is 5.66. The maximum Gasteiger partial charge on any atom is 0.241 e. The molecule has 0 saturated carbocycles. The summed E-state index contributed by atoms with van der Waals surface area (Å²) < 4.78 is 22.8. The van der Waals surface area contributed by atoms with Crippen molar-refractivity contribution in [3.8, 4) is 11.6 Å². The van der Waals surface area contributed by atoms with Gasteiger partial charge in [0.1, 0.15) is 24.4 Å². The van der Waals surface area contributed by atoms with Crippen molar-refractivity contribution in [1.29, 1.82) is 0 Å². The van der Waals surface area contributed by atoms with Gasteiger partial charge in [-0.25, -0.2) is 0 Å². The molecule has 184 valence electrons. The fourth-order valence-electron chi connectivity index (χ4n) is 4.56. The Morgan fingerprint density at radius 2 is 2.11 bits per heavy atom. The zero-order valence-corrected chi connectivity index (χ0v) is 19.9. The first kappa shape index (κ1) is 23.4. The number of nitrogens with zero attached hydrogens (tertiary/aromatic N) is 3. The fourth-order valence-corrected chi connectivity index (χ4v) is 4.56. The van der Waals surface area contributed by atoms with Crippen LogP contribution in [0.15, 0.2) is 72.2 Å². The number of aromatic nitrogens is 2. The van der Waals surface area contributed by atoms with Gasteiger partial charge in [0, 0.05) is 11.9 Å². The summed E-state index contributed by atoms with van der Waals surface area (Å²) in [6.07, 6.45) is 14.1. The van der Waals surface area contributed by atoms with Crippen LogP contribution in [0.1, 0.15) is 25.7 Å². The first-order valence-electron chi connectivity index (χ1n) is 12.1. The second kappa shape index (κ2) is 10.9. The fraction of sp³-hybridized carbons (Fsp3) is 0.407. The molecule has 0 bridgehead atoms. The van der Waals surface area contributed by atoms with Crippen LogP contribution >= 0.6 is 0 Å². The number of allylic oxidation sites excluding steroid dienone is 4. The number of fused-ring (bicyclic) bond motifs is 1. The summed E-state index contributed by atoms with van der Waals surface area (Å²) in [5, 5.41) is 20.9. The molecular weight excluding hydrogens is 446 g/mol. The topological polar surface area (TPSA) is 86.2 Å². The van der Waals surface area contributed by atoms with Crippen LogP contribution in [-0.4, -0.2) is 59.7 Å². The van der Waals surface area contributed by atoms with Gasteiger partial charge >= 0.3 is 0 Å². The van der Waals surface area contributed by atoms with Gasteiger partial charge in [-0.3, -0.25) is 0 Å². The van der Waals surface area contributed by atoms with Gasteiger partial charge in [-0.05, 0) is 68.5 Å². The van der Waals surface area contributed by atoms with Crippen LogP contribution in [-0.2, 0) is 9.47 Å². The Kier molecular flexibility index (Phi) is 7.30. The molecule has 1 aromatic carbocycles. The standard InChI is InChI=1S/C27H31N3O5/c1-32-22-8-7-21-14-28-29-27(23(21)13-22)34-16-19-9-11-30(12-10-19)15-24(31)26-18-33-17-25(35-26)20-5-3-2-4-6-20/h2-3,5,7-8,13-14,17-19,24,31H,4,6,9-12,15-16H2,1H3/t24-/m0/s1. The Balaban J connectivity index is 1.10. The van der Waals surface area contributed by atoms with Gasteiger partial charge in [-0.1, -0.05) is 18.2 Å². The van der Waals surface area contributed by atoms with Gasteiger partial charge in [0.15, 0.2) is 11.5 Å². The van der Waals surface area contributed by atoms with E-state index in [9.17, 15) is 5.11 Å². The van der Waals surface area contributed by atoms with Crippen molar-refractivity contribution in [2.24, 2.45) is 5.92 Å². The van der Waals surface area contributed by atoms with Crippen LogP contribution in [0.25, 0.3) is 10.8 Å². The quantitative estimate of drug-likeness (QED) is 0.608. The minimum atomic E-state index is -0.743. The summed E-state index contributed by atoms with van der Waals surface area (Å²) >= 11 is 0. The van der Waals surface area contributed by atoms with Gasteiger partial charge in [0.25, 0.3) is 0 Å². The Morgan fingerprint density at radius 3 is 2.91 bits per heavy atom. The van der Waals surface area contributed by atoms with Crippen molar-refractivity contribution < 1.29 is 24.1 Å². The number of piperidine rings is 1. The molecular formula is C27H31N3O5. The van der Waals surface area contributed by atoms with E-state index in [0.29, 0.717) is 36.5 Å². The average Bonchev–Trinajstić information content (AvgIpc) is 2.93. The highest BCUT2D eigenvalue weighted by molar-refractivity contribution is 5.87. The summed E-state index contributed by atoms with van der Waals surface area (Å²) in [5.74, 6) is 2.84. The number of methoxy groups -OCH3 is 1. The van der Waals surface area contributed by atoms with Crippen molar-refractivity contribution >= 4 is 10.8 Å². The van der Waals surface area contributed by atoms with E-state index in [2.05, 4.69) is 21.2 Å². The maximum absolute atomic E-state index is 10.8. The second-order valence-electron chi connectivity index (χ2n) is 9.07. The number of hydrogen-bond acceptors (Lipinski definition) is 8. The molecule has 3 aliphatic rings. The highest BCUT2D eigenvalue weighted by atomic mass is 16.6. The lowest BCUT2D eigenvalue weighted by atomic mass is 9.97. The van der Waals surface area contributed by atoms with Crippen LogP contribution < -0.4 is 9.47 Å². The number of likely N-dealkylation sites (tertiary alicyclic amines) is 1. The van der Waals surface area contributed by atoms with Crippen molar-refractivity contribution in [2.75, 3.05) is 33.4 Å². The van der Waals surface area contributed by atoms with Crippen LogP contribution in [0.4, 0.5) is 0 Å². The summed E-state index contributed by atoms with van der Waals surface area (Å²) in [4.78, 5) is 2.26. The van der Waals surface area contributed by atoms with E-state index in [1.165, 1.54) is 6.26 Å². The molecule has 1 aliphatic carbocycles. The van der Waals surface area contributed by atoms with E-state index >= 15 is 0 Å². The molecule has 0 amide bonds. The number of benzene rings is 1. The van der Waals surface area contributed by atoms with E-state index in [-0.39, 0.29) is 0 Å². The molecule has 0 unspecified atom stereocenters. The zero-order valence-electron chi connectivity index (χ0n) is 19.9.